The van der Waals surface area contributed by atoms with Crippen LogP contribution in [-0.2, 0) is 19.3 Å². The lowest BCUT2D eigenvalue weighted by molar-refractivity contribution is -0.141. The summed E-state index contributed by atoms with van der Waals surface area (Å²) >= 11 is 8.74. The summed E-state index contributed by atoms with van der Waals surface area (Å²) in [7, 11) is 0. The average molecular weight is 811 g/mol. The SMILES string of the molecule is C.CSc1ccc2cc3n(c2c1)CCN(c1nccc(C)n1)C3C(C)C.CSc1ccc2cc3n(c2c1)CCNC3C(C)C.FC(F)(F)c1ccnc(Cl)n1. The quantitative estimate of drug-likeness (QED) is 0.136. The van der Waals surface area contributed by atoms with Crippen molar-refractivity contribution in [1.82, 2.24) is 34.4 Å². The third-order valence-corrected chi connectivity index (χ3v) is 11.4. The molecule has 55 heavy (non-hydrogen) atoms. The highest BCUT2D eigenvalue weighted by Crippen LogP contribution is 2.39. The van der Waals surface area contributed by atoms with Gasteiger partial charge in [0.1, 0.15) is 5.69 Å². The summed E-state index contributed by atoms with van der Waals surface area (Å²) in [6.07, 6.45) is 2.64. The molecule has 0 aliphatic carbocycles. The molecular formula is C41H50ClF3N8S2. The number of nitrogens with one attached hydrogen (secondary N) is 1. The second-order valence-electron chi connectivity index (χ2n) is 14.1. The Labute approximate surface area is 335 Å². The maximum atomic E-state index is 11.8. The van der Waals surface area contributed by atoms with E-state index in [1.54, 1.807) is 11.8 Å². The first-order valence-electron chi connectivity index (χ1n) is 18.0. The largest absolute Gasteiger partial charge is 0.433 e. The van der Waals surface area contributed by atoms with Crippen LogP contribution < -0.4 is 10.2 Å². The number of hydrogen-bond acceptors (Lipinski definition) is 8. The fourth-order valence-corrected chi connectivity index (χ4v) is 8.29. The summed E-state index contributed by atoms with van der Waals surface area (Å²) in [5.41, 5.74) is 5.55. The van der Waals surface area contributed by atoms with E-state index in [1.165, 1.54) is 43.0 Å². The first kappa shape index (κ1) is 42.4. The molecule has 0 bridgehead atoms. The van der Waals surface area contributed by atoms with E-state index in [-0.39, 0.29) is 7.43 Å². The van der Waals surface area contributed by atoms with Crippen LogP contribution in [0.25, 0.3) is 21.8 Å². The monoisotopic (exact) mass is 810 g/mol. The van der Waals surface area contributed by atoms with E-state index in [4.69, 9.17) is 11.6 Å². The lowest BCUT2D eigenvalue weighted by Gasteiger charge is -2.39. The molecule has 2 aliphatic rings. The molecule has 2 atom stereocenters. The fourth-order valence-electron chi connectivity index (χ4n) is 7.28. The summed E-state index contributed by atoms with van der Waals surface area (Å²) in [5, 5.41) is 5.93. The van der Waals surface area contributed by atoms with Gasteiger partial charge in [-0.2, -0.15) is 13.2 Å². The molecule has 8 rings (SSSR count). The van der Waals surface area contributed by atoms with E-state index in [0.717, 1.165) is 50.1 Å². The van der Waals surface area contributed by atoms with Gasteiger partial charge in [0, 0.05) is 87.9 Å². The van der Waals surface area contributed by atoms with Crippen molar-refractivity contribution in [3.63, 3.8) is 0 Å². The van der Waals surface area contributed by atoms with Crippen molar-refractivity contribution in [3.05, 3.63) is 101 Å². The second-order valence-corrected chi connectivity index (χ2v) is 16.2. The number of benzene rings is 2. The first-order chi connectivity index (χ1) is 25.8. The number of hydrogen-bond donors (Lipinski definition) is 1. The van der Waals surface area contributed by atoms with Crippen molar-refractivity contribution in [2.24, 2.45) is 11.8 Å². The molecule has 2 aromatic carbocycles. The molecule has 6 aromatic rings. The summed E-state index contributed by atoms with van der Waals surface area (Å²) in [4.78, 5) is 20.6. The van der Waals surface area contributed by atoms with Crippen LogP contribution in [0.2, 0.25) is 5.28 Å². The van der Waals surface area contributed by atoms with E-state index >= 15 is 0 Å². The molecule has 294 valence electrons. The highest BCUT2D eigenvalue weighted by molar-refractivity contribution is 7.98. The normalized spacial score (nSPS) is 16.6. The van der Waals surface area contributed by atoms with E-state index in [0.29, 0.717) is 23.9 Å². The van der Waals surface area contributed by atoms with Crippen molar-refractivity contribution in [1.29, 1.82) is 0 Å². The third kappa shape index (κ3) is 9.44. The molecular weight excluding hydrogens is 761 g/mol. The second kappa shape index (κ2) is 18.0. The van der Waals surface area contributed by atoms with E-state index in [9.17, 15) is 13.2 Å². The predicted molar refractivity (Wildman–Crippen MR) is 223 cm³/mol. The molecule has 2 unspecified atom stereocenters. The number of anilines is 1. The Hall–Kier alpha value is -3.78. The predicted octanol–water partition coefficient (Wildman–Crippen LogP) is 11.1. The topological polar surface area (TPSA) is 76.7 Å². The number of alkyl halides is 3. The molecule has 0 fully saturated rings. The standard InChI is InChI=1S/C20H24N4S.C15H20N2S.C5H2ClF3N2.CH4/c1-13(2)19-18-11-15-5-6-16(25-4)12-17(15)23(18)9-10-24(19)20-21-8-7-14(3)22-20;1-10(2)15-14-8-11-4-5-12(18-3)9-13(11)17(14)7-6-16-15;6-4-10-2-1-3(11-4)5(7,8)9;/h5-8,11-13,19H,9-10H2,1-4H3;4-5,8-10,15-16H,6-7H2,1-3H3;1-2H;1H4. The van der Waals surface area contributed by atoms with Crippen LogP contribution in [0.15, 0.2) is 82.8 Å². The minimum atomic E-state index is -4.45. The molecule has 1 N–H and O–H groups in total. The maximum Gasteiger partial charge on any atom is 0.433 e. The van der Waals surface area contributed by atoms with Crippen LogP contribution in [0.4, 0.5) is 19.1 Å². The molecule has 0 saturated carbocycles. The van der Waals surface area contributed by atoms with Gasteiger partial charge in [-0.3, -0.25) is 0 Å². The highest BCUT2D eigenvalue weighted by Gasteiger charge is 2.34. The van der Waals surface area contributed by atoms with Crippen LogP contribution in [0.3, 0.4) is 0 Å². The van der Waals surface area contributed by atoms with Crippen LogP contribution in [0.5, 0.6) is 0 Å². The Morgan fingerprint density at radius 2 is 1.36 bits per heavy atom. The Morgan fingerprint density at radius 3 is 1.89 bits per heavy atom. The zero-order valence-corrected chi connectivity index (χ0v) is 33.9. The zero-order chi connectivity index (χ0) is 38.7. The van der Waals surface area contributed by atoms with Crippen molar-refractivity contribution in [3.8, 4) is 0 Å². The van der Waals surface area contributed by atoms with Gasteiger partial charge in [-0.15, -0.1) is 23.5 Å². The van der Waals surface area contributed by atoms with Crippen LogP contribution in [0, 0.1) is 18.8 Å². The van der Waals surface area contributed by atoms with Crippen LogP contribution in [0.1, 0.15) is 70.0 Å². The number of thioether (sulfide) groups is 2. The number of halogens is 4. The Balaban J connectivity index is 0.000000170. The van der Waals surface area contributed by atoms with Gasteiger partial charge in [0.25, 0.3) is 0 Å². The van der Waals surface area contributed by atoms with Crippen molar-refractivity contribution in [2.75, 3.05) is 30.5 Å². The molecule has 6 heterocycles. The van der Waals surface area contributed by atoms with Gasteiger partial charge in [-0.05, 0) is 96.8 Å². The number of aryl methyl sites for hydroxylation is 1. The van der Waals surface area contributed by atoms with Gasteiger partial charge in [-0.25, -0.2) is 19.9 Å². The third-order valence-electron chi connectivity index (χ3n) is 9.76. The van der Waals surface area contributed by atoms with Crippen LogP contribution in [-0.4, -0.2) is 54.7 Å². The number of fused-ring (bicyclic) bond motifs is 6. The summed E-state index contributed by atoms with van der Waals surface area (Å²) < 4.78 is 40.4. The van der Waals surface area contributed by atoms with E-state index < -0.39 is 17.2 Å². The molecule has 8 nitrogen and oxygen atoms in total. The van der Waals surface area contributed by atoms with Gasteiger partial charge in [0.15, 0.2) is 0 Å². The number of nitrogens with zero attached hydrogens (tertiary/aromatic N) is 7. The van der Waals surface area contributed by atoms with Gasteiger partial charge in [0.05, 0.1) is 6.04 Å². The minimum Gasteiger partial charge on any atom is -0.342 e. The fraction of sp³-hybridized carbons (Fsp3) is 0.415. The van der Waals surface area contributed by atoms with Crippen molar-refractivity contribution < 1.29 is 13.2 Å². The Morgan fingerprint density at radius 1 is 0.764 bits per heavy atom. The number of aromatic nitrogens is 6. The molecule has 0 spiro atoms. The smallest absolute Gasteiger partial charge is 0.342 e. The van der Waals surface area contributed by atoms with Gasteiger partial charge in [-0.1, -0.05) is 47.3 Å². The van der Waals surface area contributed by atoms with Gasteiger partial charge < -0.3 is 19.4 Å². The molecule has 2 aliphatic heterocycles. The zero-order valence-electron chi connectivity index (χ0n) is 31.5. The van der Waals surface area contributed by atoms with E-state index in [1.807, 2.05) is 30.9 Å². The Bertz CT molecular complexity index is 2220. The molecule has 14 heteroatoms. The first-order valence-corrected chi connectivity index (χ1v) is 20.8. The lowest BCUT2D eigenvalue weighted by Crippen LogP contribution is -2.41. The van der Waals surface area contributed by atoms with E-state index in [2.05, 4.69) is 128 Å². The van der Waals surface area contributed by atoms with Gasteiger partial charge >= 0.3 is 6.18 Å². The van der Waals surface area contributed by atoms with Crippen molar-refractivity contribution >= 4 is 62.9 Å². The summed E-state index contributed by atoms with van der Waals surface area (Å²) in [5.74, 6) is 1.96. The Kier molecular flexibility index (Phi) is 13.9. The molecule has 4 aromatic heterocycles. The van der Waals surface area contributed by atoms with Crippen LogP contribution >= 0.6 is 35.1 Å². The lowest BCUT2D eigenvalue weighted by atomic mass is 9.97. The molecule has 0 amide bonds. The van der Waals surface area contributed by atoms with Gasteiger partial charge in [0.2, 0.25) is 11.2 Å². The summed E-state index contributed by atoms with van der Waals surface area (Å²) in [6, 6.07) is 21.8. The molecule has 0 radical (unpaired) electrons. The number of rotatable bonds is 5. The highest BCUT2D eigenvalue weighted by atomic mass is 35.5. The average Bonchev–Trinajstić information content (AvgIpc) is 3.72. The maximum absolute atomic E-state index is 11.8. The van der Waals surface area contributed by atoms with Crippen molar-refractivity contribution in [2.45, 2.75) is 83.2 Å². The molecule has 0 saturated heterocycles. The minimum absolute atomic E-state index is 0. The summed E-state index contributed by atoms with van der Waals surface area (Å²) in [6.45, 7) is 15.2.